The fourth-order valence-electron chi connectivity index (χ4n) is 1.61. The van der Waals surface area contributed by atoms with Crippen LogP contribution in [0, 0.1) is 12.8 Å². The normalized spacial score (nSPS) is 10.7. The van der Waals surface area contributed by atoms with Crippen LogP contribution in [0.5, 0.6) is 0 Å². The molecule has 0 radical (unpaired) electrons. The Hall–Kier alpha value is -0.500. The highest BCUT2D eigenvalue weighted by Crippen LogP contribution is 2.24. The molecule has 0 atom stereocenters. The van der Waals surface area contributed by atoms with Gasteiger partial charge in [0.2, 0.25) is 0 Å². The van der Waals surface area contributed by atoms with E-state index >= 15 is 0 Å². The van der Waals surface area contributed by atoms with Crippen molar-refractivity contribution in [3.63, 3.8) is 0 Å². The van der Waals surface area contributed by atoms with Crippen LogP contribution in [0.4, 0.5) is 5.69 Å². The summed E-state index contributed by atoms with van der Waals surface area (Å²) >= 11 is 3.56. The molecule has 2 heteroatoms. The molecule has 0 fully saturated rings. The van der Waals surface area contributed by atoms with Gasteiger partial charge in [0.15, 0.2) is 0 Å². The zero-order chi connectivity index (χ0) is 11.3. The minimum atomic E-state index is 0.775. The Morgan fingerprint density at radius 2 is 1.93 bits per heavy atom. The summed E-state index contributed by atoms with van der Waals surface area (Å²) in [5.74, 6) is 0.775. The van der Waals surface area contributed by atoms with Gasteiger partial charge >= 0.3 is 0 Å². The minimum absolute atomic E-state index is 0.775. The van der Waals surface area contributed by atoms with Crippen LogP contribution in [0.15, 0.2) is 22.7 Å². The lowest BCUT2D eigenvalue weighted by atomic mass is 10.0. The fourth-order valence-corrected chi connectivity index (χ4v) is 1.99. The van der Waals surface area contributed by atoms with Gasteiger partial charge < -0.3 is 5.32 Å². The van der Waals surface area contributed by atoms with Gasteiger partial charge in [0.25, 0.3) is 0 Å². The monoisotopic (exact) mass is 269 g/mol. The third-order valence-electron chi connectivity index (χ3n) is 2.86. The number of aryl methyl sites for hydroxylation is 1. The minimum Gasteiger partial charge on any atom is -0.384 e. The second kappa shape index (κ2) is 6.16. The molecule has 0 aliphatic rings. The van der Waals surface area contributed by atoms with E-state index in [9.17, 15) is 0 Å². The third-order valence-corrected chi connectivity index (χ3v) is 3.55. The largest absolute Gasteiger partial charge is 0.384 e. The quantitative estimate of drug-likeness (QED) is 0.824. The van der Waals surface area contributed by atoms with Gasteiger partial charge in [-0.25, -0.2) is 0 Å². The first kappa shape index (κ1) is 12.6. The molecule has 15 heavy (non-hydrogen) atoms. The van der Waals surface area contributed by atoms with Gasteiger partial charge in [-0.1, -0.05) is 32.8 Å². The molecular weight excluding hydrogens is 250 g/mol. The Morgan fingerprint density at radius 3 is 2.53 bits per heavy atom. The number of halogens is 1. The summed E-state index contributed by atoms with van der Waals surface area (Å²) in [6.45, 7) is 7.69. The molecular formula is C13H20BrN. The van der Waals surface area contributed by atoms with Gasteiger partial charge in [0.1, 0.15) is 0 Å². The van der Waals surface area contributed by atoms with E-state index in [-0.39, 0.29) is 0 Å². The molecule has 0 saturated carbocycles. The smallest absolute Gasteiger partial charge is 0.0487 e. The van der Waals surface area contributed by atoms with E-state index < -0.39 is 0 Å². The van der Waals surface area contributed by atoms with E-state index in [4.69, 9.17) is 0 Å². The van der Waals surface area contributed by atoms with Crippen LogP contribution < -0.4 is 5.32 Å². The molecule has 0 bridgehead atoms. The summed E-state index contributed by atoms with van der Waals surface area (Å²) < 4.78 is 1.15. The lowest BCUT2D eigenvalue weighted by molar-refractivity contribution is 0.519. The molecule has 1 nitrogen and oxygen atoms in total. The molecule has 1 aromatic carbocycles. The average Bonchev–Trinajstić information content (AvgIpc) is 2.24. The SMILES string of the molecule is CCC(CC)CNc1cc(C)ccc1Br. The van der Waals surface area contributed by atoms with Crippen molar-refractivity contribution in [2.45, 2.75) is 33.6 Å². The van der Waals surface area contributed by atoms with Crippen molar-refractivity contribution in [1.82, 2.24) is 0 Å². The summed E-state index contributed by atoms with van der Waals surface area (Å²) in [6.07, 6.45) is 2.49. The third kappa shape index (κ3) is 3.86. The lowest BCUT2D eigenvalue weighted by Crippen LogP contribution is -2.12. The lowest BCUT2D eigenvalue weighted by Gasteiger charge is -2.15. The van der Waals surface area contributed by atoms with Gasteiger partial charge in [0.05, 0.1) is 0 Å². The number of nitrogens with one attached hydrogen (secondary N) is 1. The predicted octanol–water partition coefficient (Wildman–Crippen LogP) is 4.61. The molecule has 0 saturated heterocycles. The van der Waals surface area contributed by atoms with Gasteiger partial charge in [-0.05, 0) is 46.5 Å². The zero-order valence-corrected chi connectivity index (χ0v) is 11.4. The molecule has 0 aliphatic carbocycles. The van der Waals surface area contributed by atoms with Crippen LogP contribution in [0.25, 0.3) is 0 Å². The van der Waals surface area contributed by atoms with Crippen molar-refractivity contribution < 1.29 is 0 Å². The molecule has 0 unspecified atom stereocenters. The second-order valence-electron chi connectivity index (χ2n) is 4.05. The Bertz CT molecular complexity index is 305. The van der Waals surface area contributed by atoms with Gasteiger partial charge in [-0.2, -0.15) is 0 Å². The number of rotatable bonds is 5. The van der Waals surface area contributed by atoms with Crippen LogP contribution in [0.2, 0.25) is 0 Å². The Kier molecular flexibility index (Phi) is 5.16. The van der Waals surface area contributed by atoms with Gasteiger partial charge in [-0.15, -0.1) is 0 Å². The standard InChI is InChI=1S/C13H20BrN/c1-4-11(5-2)9-15-13-8-10(3)6-7-12(13)14/h6-8,11,15H,4-5,9H2,1-3H3. The summed E-state index contributed by atoms with van der Waals surface area (Å²) in [5, 5.41) is 3.51. The number of hydrogen-bond donors (Lipinski definition) is 1. The topological polar surface area (TPSA) is 12.0 Å². The van der Waals surface area contributed by atoms with Crippen LogP contribution >= 0.6 is 15.9 Å². The van der Waals surface area contributed by atoms with Crippen LogP contribution in [-0.2, 0) is 0 Å². The molecule has 1 N–H and O–H groups in total. The van der Waals surface area contributed by atoms with Crippen LogP contribution in [-0.4, -0.2) is 6.54 Å². The van der Waals surface area contributed by atoms with E-state index in [0.29, 0.717) is 0 Å². The summed E-state index contributed by atoms with van der Waals surface area (Å²) in [5.41, 5.74) is 2.51. The first-order chi connectivity index (χ1) is 7.17. The van der Waals surface area contributed by atoms with Gasteiger partial charge in [-0.3, -0.25) is 0 Å². The molecule has 1 rings (SSSR count). The van der Waals surface area contributed by atoms with E-state index in [1.165, 1.54) is 24.1 Å². The van der Waals surface area contributed by atoms with Crippen molar-refractivity contribution in [2.24, 2.45) is 5.92 Å². The maximum absolute atomic E-state index is 3.56. The molecule has 0 aliphatic heterocycles. The molecule has 0 amide bonds. The van der Waals surface area contributed by atoms with Crippen molar-refractivity contribution in [1.29, 1.82) is 0 Å². The second-order valence-corrected chi connectivity index (χ2v) is 4.90. The van der Waals surface area contributed by atoms with Crippen molar-refractivity contribution in [2.75, 3.05) is 11.9 Å². The average molecular weight is 270 g/mol. The summed E-state index contributed by atoms with van der Waals surface area (Å²) in [7, 11) is 0. The molecule has 0 aromatic heterocycles. The van der Waals surface area contributed by atoms with Crippen molar-refractivity contribution in [3.05, 3.63) is 28.2 Å². The predicted molar refractivity (Wildman–Crippen MR) is 71.4 cm³/mol. The zero-order valence-electron chi connectivity index (χ0n) is 9.81. The maximum atomic E-state index is 3.56. The highest BCUT2D eigenvalue weighted by molar-refractivity contribution is 9.10. The first-order valence-corrected chi connectivity index (χ1v) is 6.46. The fraction of sp³-hybridized carbons (Fsp3) is 0.538. The molecule has 0 spiro atoms. The Labute approximate surface area is 101 Å². The van der Waals surface area contributed by atoms with Crippen LogP contribution in [0.1, 0.15) is 32.3 Å². The molecule has 1 aromatic rings. The van der Waals surface area contributed by atoms with E-state index in [2.05, 4.69) is 60.2 Å². The van der Waals surface area contributed by atoms with Crippen LogP contribution in [0.3, 0.4) is 0 Å². The number of benzene rings is 1. The van der Waals surface area contributed by atoms with E-state index in [1.54, 1.807) is 0 Å². The van der Waals surface area contributed by atoms with E-state index in [0.717, 1.165) is 16.9 Å². The highest BCUT2D eigenvalue weighted by Gasteiger charge is 2.04. The summed E-state index contributed by atoms with van der Waals surface area (Å²) in [6, 6.07) is 6.41. The van der Waals surface area contributed by atoms with Gasteiger partial charge in [0, 0.05) is 16.7 Å². The molecule has 84 valence electrons. The number of anilines is 1. The molecule has 0 heterocycles. The van der Waals surface area contributed by atoms with Crippen molar-refractivity contribution >= 4 is 21.6 Å². The Morgan fingerprint density at radius 1 is 1.27 bits per heavy atom. The first-order valence-electron chi connectivity index (χ1n) is 5.67. The van der Waals surface area contributed by atoms with Crippen molar-refractivity contribution in [3.8, 4) is 0 Å². The number of hydrogen-bond acceptors (Lipinski definition) is 1. The maximum Gasteiger partial charge on any atom is 0.0487 e. The highest BCUT2D eigenvalue weighted by atomic mass is 79.9. The Balaban J connectivity index is 2.60. The summed E-state index contributed by atoms with van der Waals surface area (Å²) in [4.78, 5) is 0. The van der Waals surface area contributed by atoms with E-state index in [1.807, 2.05) is 0 Å².